The number of aliphatic imine (C=N–C) groups is 1. The number of hydrogen-bond donors (Lipinski definition) is 1. The molecule has 1 N–H and O–H groups in total. The molecule has 0 bridgehead atoms. The number of nitrogens with zero attached hydrogens (tertiary/aromatic N) is 1. The summed E-state index contributed by atoms with van der Waals surface area (Å²) < 4.78 is 4.64. The van der Waals surface area contributed by atoms with Crippen LogP contribution >= 0.6 is 0 Å². The van der Waals surface area contributed by atoms with Crippen LogP contribution in [-0.2, 0) is 9.53 Å². The number of esters is 1. The molecule has 2 aliphatic heterocycles. The summed E-state index contributed by atoms with van der Waals surface area (Å²) >= 11 is 0. The van der Waals surface area contributed by atoms with Crippen molar-refractivity contribution in [3.05, 3.63) is 11.8 Å². The zero-order valence-electron chi connectivity index (χ0n) is 5.46. The molecule has 0 aliphatic carbocycles. The highest BCUT2D eigenvalue weighted by Crippen LogP contribution is 2.12. The number of fused-ring (bicyclic) bond motifs is 1. The molecule has 0 fully saturated rings. The van der Waals surface area contributed by atoms with Crippen LogP contribution in [0.1, 0.15) is 6.42 Å². The van der Waals surface area contributed by atoms with Gasteiger partial charge in [0.1, 0.15) is 5.70 Å². The van der Waals surface area contributed by atoms with Gasteiger partial charge in [-0.15, -0.1) is 0 Å². The highest BCUT2D eigenvalue weighted by atomic mass is 16.5. The number of carbonyl (C=O) groups excluding carboxylic acids is 2. The van der Waals surface area contributed by atoms with Crippen molar-refractivity contribution in [1.29, 1.82) is 0 Å². The fourth-order valence-corrected chi connectivity index (χ4v) is 0.900. The first-order chi connectivity index (χ1) is 5.25. The molecule has 0 atom stereocenters. The summed E-state index contributed by atoms with van der Waals surface area (Å²) in [4.78, 5) is 24.6. The molecule has 0 saturated carbocycles. The molecule has 5 heteroatoms. The van der Waals surface area contributed by atoms with Gasteiger partial charge in [0.25, 0.3) is 5.90 Å². The number of hydrogen-bond acceptors (Lipinski definition) is 3. The van der Waals surface area contributed by atoms with Crippen LogP contribution in [-0.4, -0.2) is 17.9 Å². The van der Waals surface area contributed by atoms with Crippen LogP contribution in [0.3, 0.4) is 0 Å². The lowest BCUT2D eigenvalue weighted by atomic mass is 10.3. The summed E-state index contributed by atoms with van der Waals surface area (Å²) in [5, 5.41) is 2.42. The second-order valence-electron chi connectivity index (χ2n) is 2.14. The Labute approximate surface area is 61.7 Å². The number of urea groups is 1. The summed E-state index contributed by atoms with van der Waals surface area (Å²) in [6.45, 7) is 0. The lowest BCUT2D eigenvalue weighted by Gasteiger charge is -2.07. The Hall–Kier alpha value is -1.65. The van der Waals surface area contributed by atoms with Crippen LogP contribution in [0.4, 0.5) is 4.79 Å². The minimum Gasteiger partial charge on any atom is -0.405 e. The molecule has 56 valence electrons. The Bertz CT molecular complexity index is 303. The SMILES string of the molecule is O=C1N=C2OC(=O)CC=C2N1. The van der Waals surface area contributed by atoms with Gasteiger partial charge in [-0.05, 0) is 6.08 Å². The summed E-state index contributed by atoms with van der Waals surface area (Å²) in [6, 6.07) is -0.485. The van der Waals surface area contributed by atoms with E-state index in [2.05, 4.69) is 15.0 Å². The monoisotopic (exact) mass is 152 g/mol. The fraction of sp³-hybridized carbons (Fsp3) is 0.167. The van der Waals surface area contributed by atoms with Gasteiger partial charge >= 0.3 is 12.0 Å². The van der Waals surface area contributed by atoms with Crippen LogP contribution in [0, 0.1) is 0 Å². The number of amides is 2. The average molecular weight is 152 g/mol. The maximum atomic E-state index is 10.6. The lowest BCUT2D eigenvalue weighted by molar-refractivity contribution is -0.134. The molecule has 0 aromatic carbocycles. The van der Waals surface area contributed by atoms with Gasteiger partial charge in [-0.25, -0.2) is 4.79 Å². The largest absolute Gasteiger partial charge is 0.405 e. The Morgan fingerprint density at radius 1 is 1.55 bits per heavy atom. The lowest BCUT2D eigenvalue weighted by Crippen LogP contribution is -2.22. The normalized spacial score (nSPS) is 21.5. The number of rotatable bonds is 0. The van der Waals surface area contributed by atoms with Crippen LogP contribution in [0.5, 0.6) is 0 Å². The number of ether oxygens (including phenoxy) is 1. The molecule has 0 aromatic rings. The molecule has 0 radical (unpaired) electrons. The molecule has 0 unspecified atom stereocenters. The van der Waals surface area contributed by atoms with Gasteiger partial charge in [-0.2, -0.15) is 4.99 Å². The molecule has 2 heterocycles. The predicted octanol–water partition coefficient (Wildman–Crippen LogP) is -0.0611. The van der Waals surface area contributed by atoms with Crippen LogP contribution in [0.2, 0.25) is 0 Å². The maximum absolute atomic E-state index is 10.6. The molecule has 2 rings (SSSR count). The van der Waals surface area contributed by atoms with Crippen LogP contribution in [0.25, 0.3) is 0 Å². The molecule has 0 saturated heterocycles. The molecular weight excluding hydrogens is 148 g/mol. The minimum atomic E-state index is -0.485. The van der Waals surface area contributed by atoms with E-state index in [1.165, 1.54) is 0 Å². The van der Waals surface area contributed by atoms with Gasteiger partial charge in [0, 0.05) is 0 Å². The zero-order chi connectivity index (χ0) is 7.84. The summed E-state index contributed by atoms with van der Waals surface area (Å²) in [5.74, 6) is -0.296. The van der Waals surface area contributed by atoms with Crippen molar-refractivity contribution >= 4 is 17.9 Å². The third kappa shape index (κ3) is 0.899. The first kappa shape index (κ1) is 6.09. The maximum Gasteiger partial charge on any atom is 0.348 e. The van der Waals surface area contributed by atoms with E-state index >= 15 is 0 Å². The van der Waals surface area contributed by atoms with E-state index in [0.717, 1.165) is 0 Å². The quantitative estimate of drug-likeness (QED) is 0.494. The Kier molecular flexibility index (Phi) is 1.06. The van der Waals surface area contributed by atoms with E-state index in [-0.39, 0.29) is 18.3 Å². The Balaban J connectivity index is 2.38. The van der Waals surface area contributed by atoms with Crippen molar-refractivity contribution in [2.45, 2.75) is 6.42 Å². The standard InChI is InChI=1S/C6H4N2O3/c9-4-2-1-3-5(11-4)8-6(10)7-3/h1H,2H2,(H,7,10). The average Bonchev–Trinajstić information content (AvgIpc) is 2.27. The topological polar surface area (TPSA) is 67.8 Å². The van der Waals surface area contributed by atoms with E-state index in [9.17, 15) is 9.59 Å². The molecule has 5 nitrogen and oxygen atoms in total. The molecular formula is C6H4N2O3. The second-order valence-corrected chi connectivity index (χ2v) is 2.14. The van der Waals surface area contributed by atoms with Crippen LogP contribution < -0.4 is 5.32 Å². The van der Waals surface area contributed by atoms with Gasteiger partial charge in [-0.3, -0.25) is 4.79 Å². The molecule has 2 aliphatic rings. The molecule has 11 heavy (non-hydrogen) atoms. The first-order valence-electron chi connectivity index (χ1n) is 3.06. The predicted molar refractivity (Wildman–Crippen MR) is 34.8 cm³/mol. The highest BCUT2D eigenvalue weighted by Gasteiger charge is 2.26. The summed E-state index contributed by atoms with van der Waals surface area (Å²) in [7, 11) is 0. The minimum absolute atomic E-state index is 0.0891. The van der Waals surface area contributed by atoms with E-state index in [1.807, 2.05) is 0 Å². The van der Waals surface area contributed by atoms with E-state index < -0.39 is 6.03 Å². The Morgan fingerprint density at radius 2 is 2.36 bits per heavy atom. The number of nitrogens with one attached hydrogen (secondary N) is 1. The van der Waals surface area contributed by atoms with Gasteiger partial charge in [0.2, 0.25) is 0 Å². The third-order valence-corrected chi connectivity index (χ3v) is 1.36. The van der Waals surface area contributed by atoms with Gasteiger partial charge in [0.05, 0.1) is 6.42 Å². The Morgan fingerprint density at radius 3 is 3.18 bits per heavy atom. The zero-order valence-corrected chi connectivity index (χ0v) is 5.46. The number of carbonyl (C=O) groups is 2. The van der Waals surface area contributed by atoms with E-state index in [0.29, 0.717) is 5.70 Å². The third-order valence-electron chi connectivity index (χ3n) is 1.36. The molecule has 0 spiro atoms. The van der Waals surface area contributed by atoms with Crippen molar-refractivity contribution in [3.63, 3.8) is 0 Å². The van der Waals surface area contributed by atoms with Gasteiger partial charge in [-0.1, -0.05) is 0 Å². The van der Waals surface area contributed by atoms with Crippen molar-refractivity contribution < 1.29 is 14.3 Å². The van der Waals surface area contributed by atoms with Gasteiger partial charge < -0.3 is 10.1 Å². The molecule has 2 amide bonds. The molecule has 0 aromatic heterocycles. The first-order valence-corrected chi connectivity index (χ1v) is 3.06. The van der Waals surface area contributed by atoms with Crippen molar-refractivity contribution in [3.8, 4) is 0 Å². The van der Waals surface area contributed by atoms with Crippen LogP contribution in [0.15, 0.2) is 16.8 Å². The highest BCUT2D eigenvalue weighted by molar-refractivity contribution is 6.13. The van der Waals surface area contributed by atoms with Crippen molar-refractivity contribution in [2.75, 3.05) is 0 Å². The van der Waals surface area contributed by atoms with Gasteiger partial charge in [0.15, 0.2) is 0 Å². The fourth-order valence-electron chi connectivity index (χ4n) is 0.900. The van der Waals surface area contributed by atoms with Crippen molar-refractivity contribution in [1.82, 2.24) is 5.32 Å². The summed E-state index contributed by atoms with van der Waals surface area (Å²) in [5.41, 5.74) is 0.495. The van der Waals surface area contributed by atoms with Crippen molar-refractivity contribution in [2.24, 2.45) is 4.99 Å². The smallest absolute Gasteiger partial charge is 0.348 e. The van der Waals surface area contributed by atoms with E-state index in [1.54, 1.807) is 6.08 Å². The van der Waals surface area contributed by atoms with E-state index in [4.69, 9.17) is 0 Å². The summed E-state index contributed by atoms with van der Waals surface area (Å²) in [6.07, 6.45) is 1.77. The second kappa shape index (κ2) is 1.91.